The standard InChI is InChI=1S/C10H13ClO3/c11-6-5-9(13)10(14)7-1-3-8(12)4-2-7/h1-4,9-10,12-14H,5-6H2. The highest BCUT2D eigenvalue weighted by Crippen LogP contribution is 2.21. The van der Waals surface area contributed by atoms with E-state index in [1.807, 2.05) is 0 Å². The van der Waals surface area contributed by atoms with Gasteiger partial charge in [0.15, 0.2) is 0 Å². The van der Waals surface area contributed by atoms with Crippen LogP contribution in [0, 0.1) is 0 Å². The van der Waals surface area contributed by atoms with Crippen molar-refractivity contribution in [1.29, 1.82) is 0 Å². The Kier molecular flexibility index (Phi) is 4.20. The Morgan fingerprint density at radius 3 is 2.21 bits per heavy atom. The topological polar surface area (TPSA) is 60.7 Å². The van der Waals surface area contributed by atoms with Crippen LogP contribution < -0.4 is 0 Å². The van der Waals surface area contributed by atoms with Gasteiger partial charge in [0.1, 0.15) is 11.9 Å². The zero-order valence-electron chi connectivity index (χ0n) is 7.60. The van der Waals surface area contributed by atoms with Gasteiger partial charge < -0.3 is 15.3 Å². The molecule has 0 aliphatic heterocycles. The number of phenols is 1. The quantitative estimate of drug-likeness (QED) is 0.667. The molecule has 0 bridgehead atoms. The molecule has 0 aliphatic rings. The van der Waals surface area contributed by atoms with Gasteiger partial charge in [-0.25, -0.2) is 0 Å². The smallest absolute Gasteiger partial charge is 0.115 e. The molecule has 1 aromatic carbocycles. The van der Waals surface area contributed by atoms with Crippen LogP contribution in [0.1, 0.15) is 18.1 Å². The number of aromatic hydroxyl groups is 1. The molecule has 14 heavy (non-hydrogen) atoms. The second-order valence-electron chi connectivity index (χ2n) is 3.08. The minimum absolute atomic E-state index is 0.132. The lowest BCUT2D eigenvalue weighted by Crippen LogP contribution is -2.18. The van der Waals surface area contributed by atoms with Crippen LogP contribution in [0.4, 0.5) is 0 Å². The molecule has 0 fully saturated rings. The molecule has 0 spiro atoms. The number of aliphatic hydroxyl groups excluding tert-OH is 2. The molecular weight excluding hydrogens is 204 g/mol. The molecular formula is C10H13ClO3. The fourth-order valence-corrected chi connectivity index (χ4v) is 1.39. The third-order valence-corrected chi connectivity index (χ3v) is 2.22. The number of hydrogen-bond donors (Lipinski definition) is 3. The molecule has 78 valence electrons. The second kappa shape index (κ2) is 5.20. The molecule has 1 aromatic rings. The van der Waals surface area contributed by atoms with Gasteiger partial charge in [-0.3, -0.25) is 0 Å². The molecule has 3 nitrogen and oxygen atoms in total. The molecule has 3 N–H and O–H groups in total. The average molecular weight is 217 g/mol. The van der Waals surface area contributed by atoms with Crippen LogP contribution in [0.3, 0.4) is 0 Å². The van der Waals surface area contributed by atoms with Crippen LogP contribution in [0.5, 0.6) is 5.75 Å². The van der Waals surface area contributed by atoms with Gasteiger partial charge >= 0.3 is 0 Å². The maximum absolute atomic E-state index is 9.62. The van der Waals surface area contributed by atoms with Gasteiger partial charge in [-0.05, 0) is 24.1 Å². The van der Waals surface area contributed by atoms with E-state index in [-0.39, 0.29) is 5.75 Å². The lowest BCUT2D eigenvalue weighted by atomic mass is 10.0. The van der Waals surface area contributed by atoms with Crippen LogP contribution >= 0.6 is 11.6 Å². The molecule has 0 saturated carbocycles. The van der Waals surface area contributed by atoms with Crippen molar-refractivity contribution in [2.75, 3.05) is 5.88 Å². The van der Waals surface area contributed by atoms with E-state index < -0.39 is 12.2 Å². The van der Waals surface area contributed by atoms with E-state index in [2.05, 4.69) is 0 Å². The van der Waals surface area contributed by atoms with E-state index in [0.29, 0.717) is 17.9 Å². The SMILES string of the molecule is Oc1ccc(C(O)C(O)CCCl)cc1. The zero-order valence-corrected chi connectivity index (χ0v) is 8.35. The Hall–Kier alpha value is -0.770. The number of alkyl halides is 1. The van der Waals surface area contributed by atoms with Crippen LogP contribution in [0.15, 0.2) is 24.3 Å². The molecule has 0 saturated heterocycles. The van der Waals surface area contributed by atoms with E-state index in [1.54, 1.807) is 12.1 Å². The maximum atomic E-state index is 9.62. The van der Waals surface area contributed by atoms with E-state index in [0.717, 1.165) is 0 Å². The third-order valence-electron chi connectivity index (χ3n) is 2.00. The summed E-state index contributed by atoms with van der Waals surface area (Å²) in [5.74, 6) is 0.434. The highest BCUT2D eigenvalue weighted by Gasteiger charge is 2.17. The maximum Gasteiger partial charge on any atom is 0.115 e. The number of aliphatic hydroxyl groups is 2. The largest absolute Gasteiger partial charge is 0.508 e. The van der Waals surface area contributed by atoms with Crippen LogP contribution in [0.2, 0.25) is 0 Å². The fraction of sp³-hybridized carbons (Fsp3) is 0.400. The summed E-state index contributed by atoms with van der Waals surface area (Å²) in [5, 5.41) is 28.1. The van der Waals surface area contributed by atoms with Crippen LogP contribution in [0.25, 0.3) is 0 Å². The highest BCUT2D eigenvalue weighted by molar-refractivity contribution is 6.17. The molecule has 1 rings (SSSR count). The molecule has 0 radical (unpaired) electrons. The summed E-state index contributed by atoms with van der Waals surface area (Å²) < 4.78 is 0. The first-order chi connectivity index (χ1) is 6.65. The second-order valence-corrected chi connectivity index (χ2v) is 3.46. The van der Waals surface area contributed by atoms with Crippen molar-refractivity contribution < 1.29 is 15.3 Å². The van der Waals surface area contributed by atoms with E-state index in [1.165, 1.54) is 12.1 Å². The Balaban J connectivity index is 2.68. The third kappa shape index (κ3) is 2.87. The van der Waals surface area contributed by atoms with Gasteiger partial charge in [0.25, 0.3) is 0 Å². The Morgan fingerprint density at radius 1 is 1.14 bits per heavy atom. The predicted molar refractivity (Wildman–Crippen MR) is 54.4 cm³/mol. The van der Waals surface area contributed by atoms with Crippen molar-refractivity contribution in [2.24, 2.45) is 0 Å². The molecule has 0 aromatic heterocycles. The zero-order chi connectivity index (χ0) is 10.6. The van der Waals surface area contributed by atoms with Crippen LogP contribution in [-0.4, -0.2) is 27.3 Å². The number of phenolic OH excluding ortho intramolecular Hbond substituents is 1. The number of benzene rings is 1. The summed E-state index contributed by atoms with van der Waals surface area (Å²) in [7, 11) is 0. The van der Waals surface area contributed by atoms with E-state index in [9.17, 15) is 10.2 Å². The summed E-state index contributed by atoms with van der Waals surface area (Å²) in [6, 6.07) is 6.06. The first-order valence-electron chi connectivity index (χ1n) is 4.36. The molecule has 4 heteroatoms. The first kappa shape index (κ1) is 11.3. The fourth-order valence-electron chi connectivity index (χ4n) is 1.16. The van der Waals surface area contributed by atoms with Crippen molar-refractivity contribution >= 4 is 11.6 Å². The Bertz CT molecular complexity index is 273. The Labute approximate surface area is 87.6 Å². The minimum Gasteiger partial charge on any atom is -0.508 e. The molecule has 2 atom stereocenters. The molecule has 2 unspecified atom stereocenters. The van der Waals surface area contributed by atoms with E-state index in [4.69, 9.17) is 16.7 Å². The monoisotopic (exact) mass is 216 g/mol. The van der Waals surface area contributed by atoms with Crippen molar-refractivity contribution in [1.82, 2.24) is 0 Å². The van der Waals surface area contributed by atoms with Crippen LogP contribution in [-0.2, 0) is 0 Å². The van der Waals surface area contributed by atoms with Gasteiger partial charge in [-0.1, -0.05) is 12.1 Å². The van der Waals surface area contributed by atoms with Gasteiger partial charge in [-0.15, -0.1) is 11.6 Å². The van der Waals surface area contributed by atoms with Gasteiger partial charge in [0, 0.05) is 5.88 Å². The highest BCUT2D eigenvalue weighted by atomic mass is 35.5. The summed E-state index contributed by atoms with van der Waals surface area (Å²) in [6.07, 6.45) is -1.48. The number of halogens is 1. The summed E-state index contributed by atoms with van der Waals surface area (Å²) in [6.45, 7) is 0. The Morgan fingerprint density at radius 2 is 1.71 bits per heavy atom. The van der Waals surface area contributed by atoms with Crippen molar-refractivity contribution in [3.05, 3.63) is 29.8 Å². The average Bonchev–Trinajstić information content (AvgIpc) is 2.18. The van der Waals surface area contributed by atoms with Gasteiger partial charge in [-0.2, -0.15) is 0 Å². The summed E-state index contributed by atoms with van der Waals surface area (Å²) >= 11 is 5.44. The minimum atomic E-state index is -0.950. The van der Waals surface area contributed by atoms with Crippen molar-refractivity contribution in [3.63, 3.8) is 0 Å². The lowest BCUT2D eigenvalue weighted by molar-refractivity contribution is 0.0170. The normalized spacial score (nSPS) is 15.1. The van der Waals surface area contributed by atoms with E-state index >= 15 is 0 Å². The molecule has 0 aliphatic carbocycles. The summed E-state index contributed by atoms with van der Waals surface area (Å²) in [4.78, 5) is 0. The summed E-state index contributed by atoms with van der Waals surface area (Å²) in [5.41, 5.74) is 0.570. The molecule has 0 amide bonds. The predicted octanol–water partition coefficient (Wildman–Crippen LogP) is 1.42. The van der Waals surface area contributed by atoms with Gasteiger partial charge in [0.2, 0.25) is 0 Å². The van der Waals surface area contributed by atoms with Gasteiger partial charge in [0.05, 0.1) is 6.10 Å². The number of hydrogen-bond acceptors (Lipinski definition) is 3. The van der Waals surface area contributed by atoms with Crippen molar-refractivity contribution in [3.8, 4) is 5.75 Å². The molecule has 0 heterocycles. The van der Waals surface area contributed by atoms with Crippen molar-refractivity contribution in [2.45, 2.75) is 18.6 Å². The first-order valence-corrected chi connectivity index (χ1v) is 4.89. The number of rotatable bonds is 4. The lowest BCUT2D eigenvalue weighted by Gasteiger charge is -2.16.